The predicted molar refractivity (Wildman–Crippen MR) is 117 cm³/mol. The Balaban J connectivity index is 1.39. The van der Waals surface area contributed by atoms with Crippen LogP contribution in [-0.2, 0) is 38.8 Å². The Bertz CT molecular complexity index is 887. The number of ether oxygens (including phenoxy) is 4. The third-order valence-corrected chi connectivity index (χ3v) is 5.25. The van der Waals surface area contributed by atoms with Crippen LogP contribution in [0.3, 0.4) is 0 Å². The standard InChI is InChI=1S/C26H28O5/c27-26-25(30-18-22-14-8-3-9-15-22)24(29-17-21-12-6-2-7-13-21)23(31-26)19-28-16-20-10-4-1-5-11-20/h1-15,23-27H,16-19H2/t23-,24?,25?,26+/m1/s1. The topological polar surface area (TPSA) is 57.2 Å². The molecule has 4 rings (SSSR count). The lowest BCUT2D eigenvalue weighted by atomic mass is 10.1. The van der Waals surface area contributed by atoms with Crippen molar-refractivity contribution in [2.45, 2.75) is 44.4 Å². The largest absolute Gasteiger partial charge is 0.374 e. The maximum atomic E-state index is 10.5. The van der Waals surface area contributed by atoms with Gasteiger partial charge in [0.15, 0.2) is 6.29 Å². The molecule has 0 saturated carbocycles. The Morgan fingerprint density at radius 1 is 0.613 bits per heavy atom. The first-order chi connectivity index (χ1) is 15.3. The Hall–Kier alpha value is -2.54. The maximum absolute atomic E-state index is 10.5. The molecule has 3 aromatic rings. The molecule has 0 amide bonds. The summed E-state index contributed by atoms with van der Waals surface area (Å²) in [5, 5.41) is 10.5. The highest BCUT2D eigenvalue weighted by atomic mass is 16.7. The second-order valence-corrected chi connectivity index (χ2v) is 7.59. The van der Waals surface area contributed by atoms with Crippen LogP contribution in [0.25, 0.3) is 0 Å². The number of hydrogen-bond acceptors (Lipinski definition) is 5. The molecule has 0 radical (unpaired) electrons. The van der Waals surface area contributed by atoms with Crippen LogP contribution in [0.2, 0.25) is 0 Å². The predicted octanol–water partition coefficient (Wildman–Crippen LogP) is 4.09. The van der Waals surface area contributed by atoms with E-state index >= 15 is 0 Å². The van der Waals surface area contributed by atoms with Crippen molar-refractivity contribution in [3.63, 3.8) is 0 Å². The molecule has 5 heteroatoms. The van der Waals surface area contributed by atoms with E-state index in [0.29, 0.717) is 26.4 Å². The molecule has 3 aromatic carbocycles. The highest BCUT2D eigenvalue weighted by Crippen LogP contribution is 2.28. The molecule has 4 atom stereocenters. The van der Waals surface area contributed by atoms with Crippen LogP contribution in [0.1, 0.15) is 16.7 Å². The van der Waals surface area contributed by atoms with Crippen molar-refractivity contribution >= 4 is 0 Å². The van der Waals surface area contributed by atoms with Gasteiger partial charge in [0.1, 0.15) is 18.3 Å². The van der Waals surface area contributed by atoms with Crippen LogP contribution >= 0.6 is 0 Å². The zero-order valence-electron chi connectivity index (χ0n) is 17.4. The lowest BCUT2D eigenvalue weighted by Crippen LogP contribution is -2.39. The van der Waals surface area contributed by atoms with Crippen molar-refractivity contribution in [3.8, 4) is 0 Å². The molecule has 1 fully saturated rings. The van der Waals surface area contributed by atoms with Gasteiger partial charge in [-0.1, -0.05) is 91.0 Å². The molecule has 1 aliphatic heterocycles. The monoisotopic (exact) mass is 420 g/mol. The summed E-state index contributed by atoms with van der Waals surface area (Å²) in [6, 6.07) is 29.8. The summed E-state index contributed by atoms with van der Waals surface area (Å²) in [6.07, 6.45) is -2.55. The number of benzene rings is 3. The Labute approximate surface area is 183 Å². The summed E-state index contributed by atoms with van der Waals surface area (Å²) in [4.78, 5) is 0. The van der Waals surface area contributed by atoms with Gasteiger partial charge in [-0.15, -0.1) is 0 Å². The van der Waals surface area contributed by atoms with Gasteiger partial charge in [-0.25, -0.2) is 0 Å². The summed E-state index contributed by atoms with van der Waals surface area (Å²) in [5.41, 5.74) is 3.16. The minimum absolute atomic E-state index is 0.302. The number of aliphatic hydroxyl groups is 1. The van der Waals surface area contributed by atoms with Crippen LogP contribution in [-0.4, -0.2) is 36.3 Å². The highest BCUT2D eigenvalue weighted by molar-refractivity contribution is 5.15. The molecular formula is C26H28O5. The van der Waals surface area contributed by atoms with Gasteiger partial charge in [0.25, 0.3) is 0 Å². The van der Waals surface area contributed by atoms with Crippen LogP contribution in [0.5, 0.6) is 0 Å². The Morgan fingerprint density at radius 3 is 1.58 bits per heavy atom. The third kappa shape index (κ3) is 6.23. The van der Waals surface area contributed by atoms with Crippen LogP contribution in [0.15, 0.2) is 91.0 Å². The Kier molecular flexibility index (Phi) is 7.82. The fraction of sp³-hybridized carbons (Fsp3) is 0.308. The van der Waals surface area contributed by atoms with E-state index in [0.717, 1.165) is 16.7 Å². The van der Waals surface area contributed by atoms with E-state index in [2.05, 4.69) is 0 Å². The molecule has 0 aliphatic carbocycles. The number of aliphatic hydroxyl groups excluding tert-OH is 1. The van der Waals surface area contributed by atoms with Crippen molar-refractivity contribution in [2.24, 2.45) is 0 Å². The number of rotatable bonds is 10. The first kappa shape index (κ1) is 21.7. The van der Waals surface area contributed by atoms with Crippen LogP contribution < -0.4 is 0 Å². The zero-order chi connectivity index (χ0) is 21.3. The summed E-state index contributed by atoms with van der Waals surface area (Å²) >= 11 is 0. The summed E-state index contributed by atoms with van der Waals surface area (Å²) in [6.45, 7) is 1.55. The van der Waals surface area contributed by atoms with Crippen molar-refractivity contribution < 1.29 is 24.1 Å². The van der Waals surface area contributed by atoms with Gasteiger partial charge in [-0.2, -0.15) is 0 Å². The second-order valence-electron chi connectivity index (χ2n) is 7.59. The van der Waals surface area contributed by atoms with E-state index in [9.17, 15) is 5.11 Å². The van der Waals surface area contributed by atoms with Gasteiger partial charge in [0.2, 0.25) is 0 Å². The maximum Gasteiger partial charge on any atom is 0.184 e. The van der Waals surface area contributed by atoms with E-state index in [4.69, 9.17) is 18.9 Å². The van der Waals surface area contributed by atoms with E-state index in [-0.39, 0.29) is 0 Å². The first-order valence-corrected chi connectivity index (χ1v) is 10.6. The molecule has 0 aromatic heterocycles. The van der Waals surface area contributed by atoms with E-state index in [1.54, 1.807) is 0 Å². The summed E-state index contributed by atoms with van der Waals surface area (Å²) < 4.78 is 23.9. The van der Waals surface area contributed by atoms with Crippen LogP contribution in [0.4, 0.5) is 0 Å². The van der Waals surface area contributed by atoms with Gasteiger partial charge < -0.3 is 24.1 Å². The van der Waals surface area contributed by atoms with Crippen LogP contribution in [0, 0.1) is 0 Å². The first-order valence-electron chi connectivity index (χ1n) is 10.6. The normalized spacial score (nSPS) is 23.1. The van der Waals surface area contributed by atoms with Crippen molar-refractivity contribution in [1.82, 2.24) is 0 Å². The molecule has 1 saturated heterocycles. The highest BCUT2D eigenvalue weighted by Gasteiger charge is 2.45. The van der Waals surface area contributed by atoms with E-state index in [1.807, 2.05) is 91.0 Å². The van der Waals surface area contributed by atoms with E-state index < -0.39 is 24.6 Å². The third-order valence-electron chi connectivity index (χ3n) is 5.25. The van der Waals surface area contributed by atoms with Crippen molar-refractivity contribution in [1.29, 1.82) is 0 Å². The average Bonchev–Trinajstić information content (AvgIpc) is 3.12. The fourth-order valence-electron chi connectivity index (χ4n) is 3.62. The van der Waals surface area contributed by atoms with Gasteiger partial charge >= 0.3 is 0 Å². The molecule has 1 aliphatic rings. The molecule has 2 unspecified atom stereocenters. The average molecular weight is 421 g/mol. The number of hydrogen-bond donors (Lipinski definition) is 1. The van der Waals surface area contributed by atoms with E-state index in [1.165, 1.54) is 0 Å². The van der Waals surface area contributed by atoms with Gasteiger partial charge in [0, 0.05) is 0 Å². The fourth-order valence-corrected chi connectivity index (χ4v) is 3.62. The van der Waals surface area contributed by atoms with Gasteiger partial charge in [-0.3, -0.25) is 0 Å². The zero-order valence-corrected chi connectivity index (χ0v) is 17.4. The molecule has 5 nitrogen and oxygen atoms in total. The summed E-state index contributed by atoms with van der Waals surface area (Å²) in [5.74, 6) is 0. The molecular weight excluding hydrogens is 392 g/mol. The van der Waals surface area contributed by atoms with Gasteiger partial charge in [0.05, 0.1) is 26.4 Å². The SMILES string of the molecule is O[C@H]1O[C@H](COCc2ccccc2)C(OCc2ccccc2)C1OCc1ccccc1. The Morgan fingerprint density at radius 2 is 1.06 bits per heavy atom. The van der Waals surface area contributed by atoms with Crippen molar-refractivity contribution in [3.05, 3.63) is 108 Å². The second kappa shape index (κ2) is 11.2. The molecule has 162 valence electrons. The molecule has 1 heterocycles. The minimum atomic E-state index is -1.07. The molecule has 31 heavy (non-hydrogen) atoms. The molecule has 0 bridgehead atoms. The molecule has 0 spiro atoms. The smallest absolute Gasteiger partial charge is 0.184 e. The summed E-state index contributed by atoms with van der Waals surface area (Å²) in [7, 11) is 0. The van der Waals surface area contributed by atoms with Gasteiger partial charge in [-0.05, 0) is 16.7 Å². The quantitative estimate of drug-likeness (QED) is 0.535. The lowest BCUT2D eigenvalue weighted by Gasteiger charge is -2.24. The van der Waals surface area contributed by atoms with Crippen molar-refractivity contribution in [2.75, 3.05) is 6.61 Å². The minimum Gasteiger partial charge on any atom is -0.374 e. The molecule has 1 N–H and O–H groups in total. The lowest BCUT2D eigenvalue weighted by molar-refractivity contribution is -0.153.